The van der Waals surface area contributed by atoms with E-state index in [0.29, 0.717) is 86.3 Å². The zero-order chi connectivity index (χ0) is 39.3. The van der Waals surface area contributed by atoms with Gasteiger partial charge < -0.3 is 33.2 Å². The monoisotopic (exact) mass is 752 g/mol. The number of hydrogen-bond donors (Lipinski definition) is 0. The molecule has 0 spiro atoms. The van der Waals surface area contributed by atoms with E-state index < -0.39 is 29.8 Å². The van der Waals surface area contributed by atoms with Crippen molar-refractivity contribution in [2.45, 2.75) is 51.4 Å². The van der Waals surface area contributed by atoms with Gasteiger partial charge >= 0.3 is 29.8 Å². The van der Waals surface area contributed by atoms with E-state index in [1.807, 2.05) is 0 Å². The van der Waals surface area contributed by atoms with Crippen molar-refractivity contribution in [3.63, 3.8) is 0 Å². The first-order valence-corrected chi connectivity index (χ1v) is 17.9. The van der Waals surface area contributed by atoms with Crippen molar-refractivity contribution < 1.29 is 57.1 Å². The molecule has 0 radical (unpaired) electrons. The van der Waals surface area contributed by atoms with Crippen molar-refractivity contribution in [1.82, 2.24) is 0 Å². The van der Waals surface area contributed by atoms with Crippen LogP contribution in [0.15, 0.2) is 122 Å². The van der Waals surface area contributed by atoms with Crippen molar-refractivity contribution in [3.05, 3.63) is 138 Å². The number of hydrogen-bond acceptors (Lipinski definition) is 12. The minimum absolute atomic E-state index is 0.260. The summed E-state index contributed by atoms with van der Waals surface area (Å²) in [6.45, 7) is 8.32. The first-order chi connectivity index (χ1) is 26.7. The van der Waals surface area contributed by atoms with Crippen molar-refractivity contribution in [2.75, 3.05) is 26.4 Å². The Morgan fingerprint density at radius 2 is 0.800 bits per heavy atom. The smallest absolute Gasteiger partial charge is 0.343 e. The molecular weight excluding hydrogens is 708 g/mol. The molecule has 3 aromatic rings. The number of carbonyl (C=O) groups is 5. The van der Waals surface area contributed by atoms with Crippen LogP contribution < -0.4 is 14.2 Å². The summed E-state index contributed by atoms with van der Waals surface area (Å²) in [4.78, 5) is 60.2. The number of rotatable bonds is 22. The van der Waals surface area contributed by atoms with Crippen LogP contribution in [0.5, 0.6) is 17.2 Å². The first kappa shape index (κ1) is 41.3. The maximum absolute atomic E-state index is 12.8. The lowest BCUT2D eigenvalue weighted by Crippen LogP contribution is -2.11. The number of unbranched alkanes of at least 4 members (excludes halogenated alkanes) is 4. The average molecular weight is 753 g/mol. The quantitative estimate of drug-likeness (QED) is 0.0321. The molecule has 0 bridgehead atoms. The van der Waals surface area contributed by atoms with Crippen LogP contribution in [0.1, 0.15) is 82.4 Å². The van der Waals surface area contributed by atoms with Crippen molar-refractivity contribution in [3.8, 4) is 17.2 Å². The molecule has 12 nitrogen and oxygen atoms in total. The van der Waals surface area contributed by atoms with Gasteiger partial charge in [-0.3, -0.25) is 0 Å². The Morgan fingerprint density at radius 3 is 1.20 bits per heavy atom. The fourth-order valence-electron chi connectivity index (χ4n) is 4.93. The fourth-order valence-corrected chi connectivity index (χ4v) is 4.93. The molecule has 4 rings (SSSR count). The second-order valence-corrected chi connectivity index (χ2v) is 12.1. The lowest BCUT2D eigenvalue weighted by atomic mass is 10.1. The Kier molecular flexibility index (Phi) is 17.0. The standard InChI is InChI=1S/C43H44O12/c1-3-39(44)51-29-8-6-5-7-27-49-34-17-11-31(12-18-34)41(46)53-36-21-15-33(16-22-36)43(48)55-38-25-23-37(24-26-38)54-42(47)32-13-19-35(20-14-32)50-28-9-10-30-52-40(45)4-2/h3-4,11-23,25H,1-2,5-10,24,26-30H2. The summed E-state index contributed by atoms with van der Waals surface area (Å²) in [5.41, 5.74) is 0.955. The molecule has 0 saturated heterocycles. The predicted molar refractivity (Wildman–Crippen MR) is 202 cm³/mol. The molecule has 0 aromatic heterocycles. The molecule has 55 heavy (non-hydrogen) atoms. The van der Waals surface area contributed by atoms with E-state index in [-0.39, 0.29) is 11.3 Å². The van der Waals surface area contributed by atoms with Gasteiger partial charge in [0.25, 0.3) is 0 Å². The van der Waals surface area contributed by atoms with Crippen molar-refractivity contribution in [2.24, 2.45) is 0 Å². The molecule has 1 aliphatic carbocycles. The SMILES string of the molecule is C=CC(=O)OCCCCCCOc1ccc(C(=O)Oc2ccc(C(=O)OC3=CC=C(OC(=O)c4ccc(OCCCCOC(=O)C=C)cc4)CC3)cc2)cc1. The topological polar surface area (TPSA) is 150 Å². The highest BCUT2D eigenvalue weighted by Crippen LogP contribution is 2.24. The highest BCUT2D eigenvalue weighted by Gasteiger charge is 2.18. The van der Waals surface area contributed by atoms with Gasteiger partial charge in [0, 0.05) is 25.0 Å². The van der Waals surface area contributed by atoms with E-state index in [0.717, 1.165) is 37.8 Å². The van der Waals surface area contributed by atoms with Gasteiger partial charge in [-0.1, -0.05) is 13.2 Å². The minimum atomic E-state index is -0.582. The van der Waals surface area contributed by atoms with Crippen LogP contribution in [0.2, 0.25) is 0 Å². The average Bonchev–Trinajstić information content (AvgIpc) is 3.21. The van der Waals surface area contributed by atoms with Gasteiger partial charge in [0.2, 0.25) is 0 Å². The number of carbonyl (C=O) groups excluding carboxylic acids is 5. The zero-order valence-corrected chi connectivity index (χ0v) is 30.5. The zero-order valence-electron chi connectivity index (χ0n) is 30.5. The molecule has 0 atom stereocenters. The maximum Gasteiger partial charge on any atom is 0.343 e. The van der Waals surface area contributed by atoms with Crippen LogP contribution in [0.3, 0.4) is 0 Å². The molecular formula is C43H44O12. The van der Waals surface area contributed by atoms with Crippen LogP contribution in [-0.4, -0.2) is 56.3 Å². The third kappa shape index (κ3) is 14.8. The predicted octanol–water partition coefficient (Wildman–Crippen LogP) is 8.04. The molecule has 0 heterocycles. The van der Waals surface area contributed by atoms with Gasteiger partial charge in [0.15, 0.2) is 0 Å². The Morgan fingerprint density at radius 1 is 0.455 bits per heavy atom. The number of ether oxygens (including phenoxy) is 7. The number of esters is 5. The molecule has 12 heteroatoms. The van der Waals surface area contributed by atoms with E-state index >= 15 is 0 Å². The first-order valence-electron chi connectivity index (χ1n) is 17.9. The highest BCUT2D eigenvalue weighted by molar-refractivity contribution is 5.92. The molecule has 0 amide bonds. The molecule has 0 unspecified atom stereocenters. The summed E-state index contributed by atoms with van der Waals surface area (Å²) < 4.78 is 37.8. The summed E-state index contributed by atoms with van der Waals surface area (Å²) in [6, 6.07) is 19.2. The number of benzene rings is 3. The van der Waals surface area contributed by atoms with Gasteiger partial charge in [-0.2, -0.15) is 0 Å². The van der Waals surface area contributed by atoms with E-state index in [2.05, 4.69) is 13.2 Å². The van der Waals surface area contributed by atoms with E-state index in [1.165, 1.54) is 24.3 Å². The van der Waals surface area contributed by atoms with Gasteiger partial charge in [-0.15, -0.1) is 0 Å². The van der Waals surface area contributed by atoms with E-state index in [4.69, 9.17) is 33.2 Å². The molecule has 0 aliphatic heterocycles. The van der Waals surface area contributed by atoms with Crippen LogP contribution in [0, 0.1) is 0 Å². The number of allylic oxidation sites excluding steroid dienone is 4. The van der Waals surface area contributed by atoms with Crippen molar-refractivity contribution >= 4 is 29.8 Å². The summed E-state index contributed by atoms with van der Waals surface area (Å²) in [6.07, 6.45) is 10.9. The largest absolute Gasteiger partial charge is 0.494 e. The lowest BCUT2D eigenvalue weighted by molar-refractivity contribution is -0.138. The second kappa shape index (κ2) is 22.6. The van der Waals surface area contributed by atoms with Crippen molar-refractivity contribution in [1.29, 1.82) is 0 Å². The summed E-state index contributed by atoms with van der Waals surface area (Å²) >= 11 is 0. The van der Waals surface area contributed by atoms with E-state index in [1.54, 1.807) is 60.7 Å². The van der Waals surface area contributed by atoms with Crippen LogP contribution in [-0.2, 0) is 28.5 Å². The molecule has 1 aliphatic rings. The minimum Gasteiger partial charge on any atom is -0.494 e. The second-order valence-electron chi connectivity index (χ2n) is 12.1. The van der Waals surface area contributed by atoms with Gasteiger partial charge in [-0.05, 0) is 123 Å². The Bertz CT molecular complexity index is 1840. The van der Waals surface area contributed by atoms with Crippen LogP contribution in [0.25, 0.3) is 0 Å². The fraction of sp³-hybridized carbons (Fsp3) is 0.279. The molecule has 0 saturated carbocycles. The van der Waals surface area contributed by atoms with Crippen LogP contribution in [0.4, 0.5) is 0 Å². The maximum atomic E-state index is 12.8. The lowest BCUT2D eigenvalue weighted by Gasteiger charge is -2.15. The molecule has 0 fully saturated rings. The molecule has 0 N–H and O–H groups in total. The van der Waals surface area contributed by atoms with Crippen LogP contribution >= 0.6 is 0 Å². The van der Waals surface area contributed by atoms with Gasteiger partial charge in [0.05, 0.1) is 43.1 Å². The molecule has 3 aromatic carbocycles. The van der Waals surface area contributed by atoms with Gasteiger partial charge in [-0.25, -0.2) is 24.0 Å². The summed E-state index contributed by atoms with van der Waals surface area (Å²) in [7, 11) is 0. The normalized spacial score (nSPS) is 11.9. The summed E-state index contributed by atoms with van der Waals surface area (Å²) in [5.74, 6) is -0.203. The third-order valence-electron chi connectivity index (χ3n) is 7.94. The third-order valence-corrected chi connectivity index (χ3v) is 7.94. The van der Waals surface area contributed by atoms with E-state index in [9.17, 15) is 24.0 Å². The summed E-state index contributed by atoms with van der Waals surface area (Å²) in [5, 5.41) is 0. The highest BCUT2D eigenvalue weighted by atomic mass is 16.6. The Hall–Kier alpha value is -6.43. The molecule has 288 valence electrons. The van der Waals surface area contributed by atoms with Gasteiger partial charge in [0.1, 0.15) is 28.8 Å². The Balaban J connectivity index is 1.14. The Labute approximate surface area is 320 Å².